The van der Waals surface area contributed by atoms with Gasteiger partial charge in [-0.05, 0) is 83.5 Å². The fraction of sp³-hybridized carbons (Fsp3) is 0.831. The minimum atomic E-state index is -0.786. The SMILES string of the molecule is CC/C=C\C/C=C\C/C=C\C/C=C\CCCCCCCCC(=O)OC(COC(=O)CCCCCCC/C=C\CCCCCC)COC(=O)CCCCCCCCCCCCCCCCCCCCCCCCCCCCCCCCCCC. The normalized spacial score (nSPS) is 12.4. The summed E-state index contributed by atoms with van der Waals surface area (Å²) < 4.78 is 17.0. The molecule has 0 amide bonds. The summed E-state index contributed by atoms with van der Waals surface area (Å²) in [5.74, 6) is -0.881. The Hall–Kier alpha value is -2.89. The van der Waals surface area contributed by atoms with Gasteiger partial charge in [-0.15, -0.1) is 0 Å². The van der Waals surface area contributed by atoms with Crippen LogP contribution in [0.25, 0.3) is 0 Å². The molecule has 6 nitrogen and oxygen atoms in total. The molecular weight excluding hydrogens is 1020 g/mol. The quantitative estimate of drug-likeness (QED) is 0.0261. The van der Waals surface area contributed by atoms with Gasteiger partial charge in [0.25, 0.3) is 0 Å². The zero-order valence-corrected chi connectivity index (χ0v) is 55.7. The van der Waals surface area contributed by atoms with Crippen LogP contribution in [0.15, 0.2) is 60.8 Å². The van der Waals surface area contributed by atoms with Crippen LogP contribution < -0.4 is 0 Å². The molecule has 484 valence electrons. The van der Waals surface area contributed by atoms with E-state index in [-0.39, 0.29) is 31.1 Å². The number of hydrogen-bond acceptors (Lipinski definition) is 6. The van der Waals surface area contributed by atoms with E-state index in [1.54, 1.807) is 0 Å². The highest BCUT2D eigenvalue weighted by Gasteiger charge is 2.19. The number of allylic oxidation sites excluding steroid dienone is 10. The van der Waals surface area contributed by atoms with Gasteiger partial charge < -0.3 is 14.2 Å². The Morgan fingerprint density at radius 1 is 0.253 bits per heavy atom. The van der Waals surface area contributed by atoms with E-state index in [2.05, 4.69) is 81.5 Å². The highest BCUT2D eigenvalue weighted by atomic mass is 16.6. The molecule has 0 aliphatic rings. The summed E-state index contributed by atoms with van der Waals surface area (Å²) in [6.45, 7) is 6.55. The fourth-order valence-corrected chi connectivity index (χ4v) is 11.0. The van der Waals surface area contributed by atoms with Gasteiger partial charge in [0.15, 0.2) is 6.10 Å². The van der Waals surface area contributed by atoms with Crippen molar-refractivity contribution in [1.82, 2.24) is 0 Å². The van der Waals surface area contributed by atoms with Gasteiger partial charge in [-0.1, -0.05) is 351 Å². The Morgan fingerprint density at radius 3 is 0.759 bits per heavy atom. The predicted octanol–water partition coefficient (Wildman–Crippen LogP) is 25.5. The lowest BCUT2D eigenvalue weighted by molar-refractivity contribution is -0.167. The van der Waals surface area contributed by atoms with Crippen LogP contribution in [0.2, 0.25) is 0 Å². The third-order valence-electron chi connectivity index (χ3n) is 16.5. The first-order valence-corrected chi connectivity index (χ1v) is 36.8. The second kappa shape index (κ2) is 71.6. The maximum Gasteiger partial charge on any atom is 0.306 e. The average molecular weight is 1160 g/mol. The average Bonchev–Trinajstić information content (AvgIpc) is 3.49. The smallest absolute Gasteiger partial charge is 0.306 e. The molecule has 0 heterocycles. The molecule has 0 rings (SSSR count). The molecule has 0 saturated heterocycles. The Balaban J connectivity index is 4.14. The Labute approximate surface area is 517 Å². The molecule has 83 heavy (non-hydrogen) atoms. The standard InChI is InChI=1S/C77H140O6/c1-4-7-10-13-16-19-22-25-27-29-31-32-33-34-35-36-37-38-39-40-41-42-43-44-46-47-49-52-55-58-61-64-67-70-76(79)82-73-74(72-81-75(78)69-66-63-60-57-54-51-24-21-18-15-12-9-6-3)83-77(80)71-68-65-62-59-56-53-50-48-45-30-28-26-23-20-17-14-11-8-5-2/h8,11,17,20-21,24,26,28,45,48,74H,4-7,9-10,12-16,18-19,22-23,25,27,29-44,46-47,49-73H2,1-3H3/b11-8-,20-17-,24-21-,28-26-,48-45-. The van der Waals surface area contributed by atoms with Gasteiger partial charge in [0, 0.05) is 19.3 Å². The first-order valence-electron chi connectivity index (χ1n) is 36.8. The van der Waals surface area contributed by atoms with E-state index in [0.717, 1.165) is 103 Å². The van der Waals surface area contributed by atoms with Crippen LogP contribution in [0.1, 0.15) is 393 Å². The van der Waals surface area contributed by atoms with Crippen molar-refractivity contribution in [1.29, 1.82) is 0 Å². The van der Waals surface area contributed by atoms with E-state index in [9.17, 15) is 14.4 Å². The zero-order valence-electron chi connectivity index (χ0n) is 55.7. The number of carbonyl (C=O) groups is 3. The zero-order chi connectivity index (χ0) is 59.9. The lowest BCUT2D eigenvalue weighted by Crippen LogP contribution is -2.30. The van der Waals surface area contributed by atoms with E-state index >= 15 is 0 Å². The largest absolute Gasteiger partial charge is 0.462 e. The van der Waals surface area contributed by atoms with Gasteiger partial charge in [0.2, 0.25) is 0 Å². The monoisotopic (exact) mass is 1160 g/mol. The lowest BCUT2D eigenvalue weighted by atomic mass is 10.0. The first kappa shape index (κ1) is 80.1. The molecule has 0 aliphatic carbocycles. The highest BCUT2D eigenvalue weighted by molar-refractivity contribution is 5.71. The Morgan fingerprint density at radius 2 is 0.470 bits per heavy atom. The van der Waals surface area contributed by atoms with Gasteiger partial charge in [-0.2, -0.15) is 0 Å². The Bertz CT molecular complexity index is 1470. The molecule has 0 N–H and O–H groups in total. The summed E-state index contributed by atoms with van der Waals surface area (Å²) in [7, 11) is 0. The molecule has 0 aliphatic heterocycles. The molecule has 0 fully saturated rings. The summed E-state index contributed by atoms with van der Waals surface area (Å²) in [6.07, 6.45) is 92.8. The van der Waals surface area contributed by atoms with Crippen molar-refractivity contribution < 1.29 is 28.6 Å². The number of rotatable bonds is 68. The molecular formula is C77H140O6. The van der Waals surface area contributed by atoms with E-state index in [1.165, 1.54) is 250 Å². The maximum atomic E-state index is 12.9. The summed E-state index contributed by atoms with van der Waals surface area (Å²) in [5.41, 5.74) is 0. The van der Waals surface area contributed by atoms with Gasteiger partial charge in [-0.25, -0.2) is 0 Å². The summed E-state index contributed by atoms with van der Waals surface area (Å²) >= 11 is 0. The fourth-order valence-electron chi connectivity index (χ4n) is 11.0. The van der Waals surface area contributed by atoms with Crippen LogP contribution in [0.3, 0.4) is 0 Å². The van der Waals surface area contributed by atoms with Crippen LogP contribution in [-0.2, 0) is 28.6 Å². The molecule has 0 aromatic heterocycles. The molecule has 0 radical (unpaired) electrons. The number of ether oxygens (including phenoxy) is 3. The van der Waals surface area contributed by atoms with E-state index < -0.39 is 6.10 Å². The van der Waals surface area contributed by atoms with Crippen molar-refractivity contribution in [3.05, 3.63) is 60.8 Å². The molecule has 1 unspecified atom stereocenters. The van der Waals surface area contributed by atoms with E-state index in [4.69, 9.17) is 14.2 Å². The highest BCUT2D eigenvalue weighted by Crippen LogP contribution is 2.19. The van der Waals surface area contributed by atoms with Crippen molar-refractivity contribution in [3.8, 4) is 0 Å². The molecule has 0 saturated carbocycles. The van der Waals surface area contributed by atoms with Crippen molar-refractivity contribution in [2.45, 2.75) is 399 Å². The second-order valence-corrected chi connectivity index (χ2v) is 24.8. The van der Waals surface area contributed by atoms with Crippen molar-refractivity contribution in [2.75, 3.05) is 13.2 Å². The van der Waals surface area contributed by atoms with Crippen LogP contribution >= 0.6 is 0 Å². The second-order valence-electron chi connectivity index (χ2n) is 24.8. The van der Waals surface area contributed by atoms with Gasteiger partial charge in [0.1, 0.15) is 13.2 Å². The summed E-state index contributed by atoms with van der Waals surface area (Å²) in [6, 6.07) is 0. The van der Waals surface area contributed by atoms with E-state index in [0.29, 0.717) is 19.3 Å². The third kappa shape index (κ3) is 69.8. The van der Waals surface area contributed by atoms with Crippen LogP contribution in [-0.4, -0.2) is 37.2 Å². The van der Waals surface area contributed by atoms with Crippen LogP contribution in [0, 0.1) is 0 Å². The molecule has 0 bridgehead atoms. The molecule has 1 atom stereocenters. The van der Waals surface area contributed by atoms with Gasteiger partial charge in [-0.3, -0.25) is 14.4 Å². The Kier molecular flexibility index (Phi) is 69.1. The molecule has 0 aromatic rings. The molecule has 6 heteroatoms. The number of esters is 3. The van der Waals surface area contributed by atoms with Gasteiger partial charge >= 0.3 is 17.9 Å². The maximum absolute atomic E-state index is 12.9. The topological polar surface area (TPSA) is 78.9 Å². The van der Waals surface area contributed by atoms with Gasteiger partial charge in [0.05, 0.1) is 0 Å². The van der Waals surface area contributed by atoms with Crippen molar-refractivity contribution >= 4 is 17.9 Å². The van der Waals surface area contributed by atoms with Crippen LogP contribution in [0.4, 0.5) is 0 Å². The minimum Gasteiger partial charge on any atom is -0.462 e. The van der Waals surface area contributed by atoms with Crippen molar-refractivity contribution in [3.63, 3.8) is 0 Å². The molecule has 0 aromatic carbocycles. The van der Waals surface area contributed by atoms with Crippen molar-refractivity contribution in [2.24, 2.45) is 0 Å². The minimum absolute atomic E-state index is 0.0794. The van der Waals surface area contributed by atoms with Crippen LogP contribution in [0.5, 0.6) is 0 Å². The number of carbonyl (C=O) groups excluding carboxylic acids is 3. The first-order chi connectivity index (χ1) is 41.0. The summed E-state index contributed by atoms with van der Waals surface area (Å²) in [4.78, 5) is 38.4. The predicted molar refractivity (Wildman–Crippen MR) is 362 cm³/mol. The molecule has 0 spiro atoms. The lowest BCUT2D eigenvalue weighted by Gasteiger charge is -2.18. The third-order valence-corrected chi connectivity index (χ3v) is 16.5. The number of hydrogen-bond donors (Lipinski definition) is 0. The number of unbranched alkanes of at least 4 members (excludes halogenated alkanes) is 47. The van der Waals surface area contributed by atoms with E-state index in [1.807, 2.05) is 0 Å². The summed E-state index contributed by atoms with van der Waals surface area (Å²) in [5, 5.41) is 0.